The monoisotopic (exact) mass is 410 g/mol. The number of hydrogen-bond acceptors (Lipinski definition) is 5. The molecule has 2 saturated carbocycles. The van der Waals surface area contributed by atoms with E-state index in [0.717, 1.165) is 51.4 Å². The first-order chi connectivity index (χ1) is 14.5. The van der Waals surface area contributed by atoms with Crippen LogP contribution in [0, 0.1) is 17.0 Å². The molecule has 2 aliphatic carbocycles. The number of hydrogen-bond donors (Lipinski definition) is 0. The van der Waals surface area contributed by atoms with Crippen LogP contribution in [0.4, 0.5) is 5.69 Å². The van der Waals surface area contributed by atoms with Gasteiger partial charge in [0.2, 0.25) is 5.43 Å². The predicted molar refractivity (Wildman–Crippen MR) is 112 cm³/mol. The molecular weight excluding hydrogens is 384 g/mol. The Kier molecular flexibility index (Phi) is 5.65. The number of amides is 1. The van der Waals surface area contributed by atoms with Crippen LogP contribution >= 0.6 is 0 Å². The van der Waals surface area contributed by atoms with E-state index in [0.29, 0.717) is 5.69 Å². The molecule has 1 aromatic carbocycles. The van der Waals surface area contributed by atoms with Crippen molar-refractivity contribution in [2.45, 2.75) is 70.4 Å². The third kappa shape index (κ3) is 3.74. The average molecular weight is 410 g/mol. The maximum Gasteiger partial charge on any atom is 0.294 e. The first-order valence-electron chi connectivity index (χ1n) is 10.6. The molecule has 1 aromatic heterocycles. The summed E-state index contributed by atoms with van der Waals surface area (Å²) in [7, 11) is 0. The molecule has 0 unspecified atom stereocenters. The number of nitro benzene ring substituents is 1. The molecule has 0 spiro atoms. The van der Waals surface area contributed by atoms with Crippen LogP contribution in [0.15, 0.2) is 35.1 Å². The molecule has 4 rings (SSSR count). The van der Waals surface area contributed by atoms with Gasteiger partial charge in [0.25, 0.3) is 11.6 Å². The third-order valence-corrected chi connectivity index (χ3v) is 6.29. The summed E-state index contributed by atoms with van der Waals surface area (Å²) in [4.78, 5) is 39.2. The van der Waals surface area contributed by atoms with Crippen molar-refractivity contribution >= 4 is 11.6 Å². The number of rotatable bonds is 5. The van der Waals surface area contributed by atoms with Crippen molar-refractivity contribution in [3.63, 3.8) is 0 Å². The Morgan fingerprint density at radius 2 is 1.67 bits per heavy atom. The summed E-state index contributed by atoms with van der Waals surface area (Å²) < 4.78 is 1.34. The zero-order valence-electron chi connectivity index (χ0n) is 17.1. The van der Waals surface area contributed by atoms with Crippen LogP contribution in [-0.2, 0) is 0 Å². The summed E-state index contributed by atoms with van der Waals surface area (Å²) in [6.45, 7) is 1.66. The van der Waals surface area contributed by atoms with Crippen LogP contribution in [0.25, 0.3) is 5.69 Å². The minimum Gasteiger partial charge on any atom is -0.331 e. The molecule has 0 atom stereocenters. The molecule has 1 amide bonds. The normalized spacial score (nSPS) is 17.4. The smallest absolute Gasteiger partial charge is 0.294 e. The van der Waals surface area contributed by atoms with Crippen molar-refractivity contribution in [3.8, 4) is 5.69 Å². The Morgan fingerprint density at radius 1 is 1.10 bits per heavy atom. The molecule has 8 nitrogen and oxygen atoms in total. The van der Waals surface area contributed by atoms with Crippen LogP contribution in [0.2, 0.25) is 0 Å². The summed E-state index contributed by atoms with van der Waals surface area (Å²) >= 11 is 0. The van der Waals surface area contributed by atoms with Crippen LogP contribution in [0.5, 0.6) is 0 Å². The predicted octanol–water partition coefficient (Wildman–Crippen LogP) is 3.78. The summed E-state index contributed by atoms with van der Waals surface area (Å²) in [6.07, 6.45) is 8.15. The fourth-order valence-electron chi connectivity index (χ4n) is 4.85. The Labute approximate surface area is 174 Å². The molecule has 8 heteroatoms. The molecule has 0 radical (unpaired) electrons. The molecule has 2 aliphatic rings. The lowest BCUT2D eigenvalue weighted by Gasteiger charge is -2.34. The number of benzene rings is 1. The third-order valence-electron chi connectivity index (χ3n) is 6.29. The van der Waals surface area contributed by atoms with Gasteiger partial charge < -0.3 is 4.90 Å². The van der Waals surface area contributed by atoms with Gasteiger partial charge in [0.1, 0.15) is 5.69 Å². The van der Waals surface area contributed by atoms with Crippen LogP contribution in [0.1, 0.15) is 67.5 Å². The van der Waals surface area contributed by atoms with Gasteiger partial charge in [-0.1, -0.05) is 37.8 Å². The van der Waals surface area contributed by atoms with E-state index in [9.17, 15) is 19.7 Å². The standard InChI is InChI=1S/C22H26N4O4/c1-15-14-20(27)21(23-25(15)18-12-6-7-13-19(18)26(29)30)22(28)24(16-8-2-3-9-16)17-10-4-5-11-17/h6-7,12-14,16-17H,2-5,8-11H2,1H3. The number of carbonyl (C=O) groups excluding carboxylic acids is 1. The first-order valence-corrected chi connectivity index (χ1v) is 10.6. The quantitative estimate of drug-likeness (QED) is 0.552. The number of nitro groups is 1. The van der Waals surface area contributed by atoms with Gasteiger partial charge in [-0.15, -0.1) is 0 Å². The average Bonchev–Trinajstić information content (AvgIpc) is 3.43. The van der Waals surface area contributed by atoms with Gasteiger partial charge in [-0.3, -0.25) is 19.7 Å². The zero-order chi connectivity index (χ0) is 21.3. The van der Waals surface area contributed by atoms with Gasteiger partial charge in [-0.05, 0) is 38.7 Å². The van der Waals surface area contributed by atoms with Gasteiger partial charge in [-0.2, -0.15) is 5.10 Å². The second kappa shape index (κ2) is 8.38. The van der Waals surface area contributed by atoms with Crippen molar-refractivity contribution in [2.24, 2.45) is 0 Å². The number of carbonyl (C=O) groups is 1. The van der Waals surface area contributed by atoms with Crippen molar-refractivity contribution in [2.75, 3.05) is 0 Å². The fraction of sp³-hybridized carbons (Fsp3) is 0.500. The lowest BCUT2D eigenvalue weighted by atomic mass is 10.1. The van der Waals surface area contributed by atoms with Crippen molar-refractivity contribution < 1.29 is 9.72 Å². The van der Waals surface area contributed by atoms with Gasteiger partial charge in [0.15, 0.2) is 5.69 Å². The number of aromatic nitrogens is 2. The SMILES string of the molecule is Cc1cc(=O)c(C(=O)N(C2CCCC2)C2CCCC2)nn1-c1ccccc1[N+](=O)[O-]. The fourth-order valence-corrected chi connectivity index (χ4v) is 4.85. The maximum absolute atomic E-state index is 13.6. The van der Waals surface area contributed by atoms with Crippen molar-refractivity contribution in [1.29, 1.82) is 0 Å². The minimum atomic E-state index is -0.487. The number of nitrogens with zero attached hydrogens (tertiary/aromatic N) is 4. The highest BCUT2D eigenvalue weighted by Crippen LogP contribution is 2.32. The van der Waals surface area contributed by atoms with Crippen LogP contribution < -0.4 is 5.43 Å². The van der Waals surface area contributed by atoms with E-state index in [1.807, 2.05) is 4.90 Å². The van der Waals surface area contributed by atoms with Crippen LogP contribution in [0.3, 0.4) is 0 Å². The molecule has 0 N–H and O–H groups in total. The van der Waals surface area contributed by atoms with E-state index in [2.05, 4.69) is 5.10 Å². The molecule has 30 heavy (non-hydrogen) atoms. The highest BCUT2D eigenvalue weighted by Gasteiger charge is 2.36. The first kappa shape index (κ1) is 20.3. The highest BCUT2D eigenvalue weighted by atomic mass is 16.6. The molecule has 158 valence electrons. The lowest BCUT2D eigenvalue weighted by Crippen LogP contribution is -2.47. The molecule has 0 aliphatic heterocycles. The molecule has 0 saturated heterocycles. The molecule has 2 fully saturated rings. The van der Waals surface area contributed by atoms with E-state index in [1.165, 1.54) is 16.8 Å². The molecule has 2 aromatic rings. The van der Waals surface area contributed by atoms with E-state index in [-0.39, 0.29) is 35.1 Å². The molecule has 1 heterocycles. The van der Waals surface area contributed by atoms with Crippen molar-refractivity contribution in [1.82, 2.24) is 14.7 Å². The highest BCUT2D eigenvalue weighted by molar-refractivity contribution is 5.92. The summed E-state index contributed by atoms with van der Waals surface area (Å²) in [5.74, 6) is -0.342. The molecule has 0 bridgehead atoms. The number of para-hydroxylation sites is 2. The Morgan fingerprint density at radius 3 is 2.23 bits per heavy atom. The largest absolute Gasteiger partial charge is 0.331 e. The lowest BCUT2D eigenvalue weighted by molar-refractivity contribution is -0.384. The van der Waals surface area contributed by atoms with Crippen molar-refractivity contribution in [3.05, 3.63) is 62.1 Å². The Bertz CT molecular complexity index is 1000. The summed E-state index contributed by atoms with van der Waals surface area (Å²) in [5, 5.41) is 15.8. The van der Waals surface area contributed by atoms with E-state index in [4.69, 9.17) is 0 Å². The van der Waals surface area contributed by atoms with Crippen LogP contribution in [-0.4, -0.2) is 37.6 Å². The van der Waals surface area contributed by atoms with Gasteiger partial charge >= 0.3 is 0 Å². The maximum atomic E-state index is 13.6. The summed E-state index contributed by atoms with van der Waals surface area (Å²) in [5.41, 5.74) is -0.0362. The van der Waals surface area contributed by atoms with E-state index in [1.54, 1.807) is 25.1 Å². The van der Waals surface area contributed by atoms with E-state index < -0.39 is 10.4 Å². The minimum absolute atomic E-state index is 0.126. The zero-order valence-corrected chi connectivity index (χ0v) is 17.1. The second-order valence-corrected chi connectivity index (χ2v) is 8.25. The Hall–Kier alpha value is -3.03. The van der Waals surface area contributed by atoms with Gasteiger partial charge in [0.05, 0.1) is 4.92 Å². The number of aryl methyl sites for hydroxylation is 1. The summed E-state index contributed by atoms with van der Waals surface area (Å²) in [6, 6.07) is 7.84. The second-order valence-electron chi connectivity index (χ2n) is 8.25. The topological polar surface area (TPSA) is 98.3 Å². The molecular formula is C22H26N4O4. The van der Waals surface area contributed by atoms with Gasteiger partial charge in [-0.25, -0.2) is 4.68 Å². The van der Waals surface area contributed by atoms with Gasteiger partial charge in [0, 0.05) is 29.9 Å². The Balaban J connectivity index is 1.79. The van der Waals surface area contributed by atoms with E-state index >= 15 is 0 Å².